The number of Topliss-reactive ketones (excluding diaryl/α,β-unsaturated/α-hetero) is 1. The number of nitrogens with zero attached hydrogens (tertiary/aromatic N) is 2. The number of hydrogen-bond donors (Lipinski definition) is 7. The van der Waals surface area contributed by atoms with Crippen LogP contribution >= 0.6 is 0 Å². The summed E-state index contributed by atoms with van der Waals surface area (Å²) >= 11 is 0. The molecule has 242 valence electrons. The van der Waals surface area contributed by atoms with Crippen LogP contribution in [0, 0.1) is 11.8 Å². The molecule has 0 bridgehead atoms. The Kier molecular flexibility index (Phi) is 20.5. The number of carbonyl (C=O) groups is 4. The van der Waals surface area contributed by atoms with Crippen LogP contribution in [0.1, 0.15) is 105 Å². The number of nitrogens with one attached hydrogen (secondary N) is 3. The van der Waals surface area contributed by atoms with E-state index in [1.165, 1.54) is 0 Å². The summed E-state index contributed by atoms with van der Waals surface area (Å²) in [6.45, 7) is 10.3. The molecule has 0 aliphatic carbocycles. The first-order chi connectivity index (χ1) is 19.9. The van der Waals surface area contributed by atoms with Gasteiger partial charge in [0.15, 0.2) is 17.7 Å². The number of unbranched alkanes of at least 4 members (excludes halogenated alkanes) is 2. The van der Waals surface area contributed by atoms with Gasteiger partial charge in [0.25, 0.3) is 0 Å². The van der Waals surface area contributed by atoms with Gasteiger partial charge in [0.1, 0.15) is 12.1 Å². The van der Waals surface area contributed by atoms with E-state index in [9.17, 15) is 19.2 Å². The van der Waals surface area contributed by atoms with Crippen molar-refractivity contribution < 1.29 is 19.2 Å². The zero-order chi connectivity index (χ0) is 32.1. The lowest BCUT2D eigenvalue weighted by atomic mass is 9.93. The number of ketones is 1. The summed E-state index contributed by atoms with van der Waals surface area (Å²) in [5, 5.41) is 8.59. The quantitative estimate of drug-likeness (QED) is 0.0513. The Balaban J connectivity index is 5.72. The van der Waals surface area contributed by atoms with Crippen molar-refractivity contribution in [1.82, 2.24) is 16.0 Å². The minimum atomic E-state index is -0.932. The molecule has 0 aliphatic heterocycles. The molecule has 0 saturated carbocycles. The molecule has 0 rings (SSSR count). The number of carbonyl (C=O) groups excluding carboxylic acids is 4. The molecule has 0 aromatic carbocycles. The average Bonchev–Trinajstić information content (AvgIpc) is 2.95. The summed E-state index contributed by atoms with van der Waals surface area (Å²) in [4.78, 5) is 60.8. The van der Waals surface area contributed by atoms with Crippen LogP contribution in [0.4, 0.5) is 0 Å². The van der Waals surface area contributed by atoms with Gasteiger partial charge in [-0.15, -0.1) is 0 Å². The van der Waals surface area contributed by atoms with Gasteiger partial charge in [-0.3, -0.25) is 29.2 Å². The van der Waals surface area contributed by atoms with Gasteiger partial charge in [-0.2, -0.15) is 0 Å². The van der Waals surface area contributed by atoms with Gasteiger partial charge in [0, 0.05) is 24.9 Å². The fourth-order valence-electron chi connectivity index (χ4n) is 4.28. The molecule has 5 unspecified atom stereocenters. The largest absolute Gasteiger partial charge is 0.370 e. The summed E-state index contributed by atoms with van der Waals surface area (Å²) < 4.78 is 0. The molecule has 13 heteroatoms. The molecular formula is C29H57N9O4. The van der Waals surface area contributed by atoms with Crippen LogP contribution in [0.3, 0.4) is 0 Å². The van der Waals surface area contributed by atoms with Crippen LogP contribution in [0.5, 0.6) is 0 Å². The van der Waals surface area contributed by atoms with Gasteiger partial charge in [-0.05, 0) is 44.9 Å². The molecule has 3 amide bonds. The van der Waals surface area contributed by atoms with E-state index in [1.807, 2.05) is 27.7 Å². The third kappa shape index (κ3) is 16.8. The molecule has 0 aliphatic rings. The van der Waals surface area contributed by atoms with E-state index in [4.69, 9.17) is 22.9 Å². The van der Waals surface area contributed by atoms with Crippen LogP contribution in [-0.2, 0) is 19.2 Å². The molecule has 0 radical (unpaired) electrons. The predicted octanol–water partition coefficient (Wildman–Crippen LogP) is 1.18. The van der Waals surface area contributed by atoms with E-state index >= 15 is 0 Å². The van der Waals surface area contributed by atoms with Gasteiger partial charge in [-0.1, -0.05) is 60.3 Å². The van der Waals surface area contributed by atoms with Gasteiger partial charge < -0.3 is 38.9 Å². The SMILES string of the molecule is CCCCC(NC(=O)C(C)CCCN=C(N)N)C(=O)NC(CCCN=C(N)N)C(=O)NC(CCCC)C(=O)C(C)CC. The van der Waals surface area contributed by atoms with Crippen LogP contribution in [0.2, 0.25) is 0 Å². The Morgan fingerprint density at radius 2 is 0.976 bits per heavy atom. The van der Waals surface area contributed by atoms with Crippen molar-refractivity contribution in [2.45, 2.75) is 123 Å². The molecule has 0 fully saturated rings. The highest BCUT2D eigenvalue weighted by Crippen LogP contribution is 2.13. The summed E-state index contributed by atoms with van der Waals surface area (Å²) in [7, 11) is 0. The first-order valence-electron chi connectivity index (χ1n) is 15.4. The van der Waals surface area contributed by atoms with Crippen LogP contribution in [0.25, 0.3) is 0 Å². The fourth-order valence-corrected chi connectivity index (χ4v) is 4.28. The number of aliphatic imine (C=N–C) groups is 2. The first-order valence-corrected chi connectivity index (χ1v) is 15.4. The Morgan fingerprint density at radius 1 is 0.571 bits per heavy atom. The summed E-state index contributed by atoms with van der Waals surface area (Å²) in [5.41, 5.74) is 21.6. The van der Waals surface area contributed by atoms with Crippen molar-refractivity contribution in [2.24, 2.45) is 44.8 Å². The van der Waals surface area contributed by atoms with Gasteiger partial charge in [0.2, 0.25) is 17.7 Å². The topological polar surface area (TPSA) is 233 Å². The summed E-state index contributed by atoms with van der Waals surface area (Å²) in [6, 6.07) is -2.39. The first kappa shape index (κ1) is 38.6. The van der Waals surface area contributed by atoms with Crippen LogP contribution in [0.15, 0.2) is 9.98 Å². The monoisotopic (exact) mass is 595 g/mol. The van der Waals surface area contributed by atoms with Crippen LogP contribution in [-0.4, -0.2) is 66.6 Å². The normalized spacial score (nSPS) is 14.4. The second-order valence-electron chi connectivity index (χ2n) is 11.0. The molecule has 42 heavy (non-hydrogen) atoms. The Morgan fingerprint density at radius 3 is 1.43 bits per heavy atom. The van der Waals surface area contributed by atoms with Crippen molar-refractivity contribution >= 4 is 35.4 Å². The zero-order valence-corrected chi connectivity index (χ0v) is 26.4. The van der Waals surface area contributed by atoms with E-state index in [2.05, 4.69) is 25.9 Å². The number of guanidine groups is 2. The van der Waals surface area contributed by atoms with Crippen molar-refractivity contribution in [3.8, 4) is 0 Å². The minimum absolute atomic E-state index is 0.00113. The van der Waals surface area contributed by atoms with Crippen molar-refractivity contribution in [1.29, 1.82) is 0 Å². The fraction of sp³-hybridized carbons (Fsp3) is 0.793. The van der Waals surface area contributed by atoms with E-state index < -0.39 is 29.9 Å². The number of rotatable bonds is 23. The standard InChI is InChI=1S/C29H57N9O4/c1-6-9-14-21(24(39)19(4)8-3)36-26(41)23(16-12-18-35-29(32)33)38-27(42)22(15-10-7-2)37-25(40)20(5)13-11-17-34-28(30)31/h19-23H,6-18H2,1-5H3,(H,36,41)(H,37,40)(H,38,42)(H4,30,31,34)(H4,32,33,35). The maximum absolute atomic E-state index is 13.5. The molecule has 0 aromatic rings. The van der Waals surface area contributed by atoms with Crippen LogP contribution < -0.4 is 38.9 Å². The van der Waals surface area contributed by atoms with E-state index in [0.717, 1.165) is 19.3 Å². The second kappa shape index (κ2) is 22.2. The Labute approximate surface area is 251 Å². The second-order valence-corrected chi connectivity index (χ2v) is 11.0. The highest BCUT2D eigenvalue weighted by atomic mass is 16.2. The molecule has 5 atom stereocenters. The molecule has 0 spiro atoms. The van der Waals surface area contributed by atoms with E-state index in [-0.39, 0.29) is 48.4 Å². The highest BCUT2D eigenvalue weighted by molar-refractivity contribution is 5.95. The average molecular weight is 596 g/mol. The number of nitrogens with two attached hydrogens (primary N) is 4. The number of amides is 3. The van der Waals surface area contributed by atoms with E-state index in [1.54, 1.807) is 6.92 Å². The smallest absolute Gasteiger partial charge is 0.243 e. The minimum Gasteiger partial charge on any atom is -0.370 e. The Hall–Kier alpha value is -3.38. The maximum Gasteiger partial charge on any atom is 0.243 e. The van der Waals surface area contributed by atoms with Gasteiger partial charge >= 0.3 is 0 Å². The zero-order valence-electron chi connectivity index (χ0n) is 26.4. The molecular weight excluding hydrogens is 538 g/mol. The highest BCUT2D eigenvalue weighted by Gasteiger charge is 2.30. The predicted molar refractivity (Wildman–Crippen MR) is 168 cm³/mol. The molecule has 0 heterocycles. The third-order valence-electron chi connectivity index (χ3n) is 7.20. The Bertz CT molecular complexity index is 886. The van der Waals surface area contributed by atoms with Gasteiger partial charge in [-0.25, -0.2) is 0 Å². The molecule has 0 aromatic heterocycles. The molecule has 13 nitrogen and oxygen atoms in total. The summed E-state index contributed by atoms with van der Waals surface area (Å²) in [6.07, 6.45) is 6.65. The number of hydrogen-bond acceptors (Lipinski definition) is 6. The third-order valence-corrected chi connectivity index (χ3v) is 7.20. The lowest BCUT2D eigenvalue weighted by Crippen LogP contribution is -2.56. The van der Waals surface area contributed by atoms with Crippen molar-refractivity contribution in [2.75, 3.05) is 13.1 Å². The molecule has 0 saturated heterocycles. The maximum atomic E-state index is 13.5. The lowest BCUT2D eigenvalue weighted by molar-refractivity contribution is -0.134. The van der Waals surface area contributed by atoms with Gasteiger partial charge in [0.05, 0.1) is 6.04 Å². The lowest BCUT2D eigenvalue weighted by Gasteiger charge is -2.26. The van der Waals surface area contributed by atoms with Crippen molar-refractivity contribution in [3.63, 3.8) is 0 Å². The van der Waals surface area contributed by atoms with E-state index in [0.29, 0.717) is 51.5 Å². The van der Waals surface area contributed by atoms with Crippen molar-refractivity contribution in [3.05, 3.63) is 0 Å². The molecule has 11 N–H and O–H groups in total. The summed E-state index contributed by atoms with van der Waals surface area (Å²) in [5.74, 6) is -1.80.